The fraction of sp³-hybridized carbons (Fsp3) is 0.333. The van der Waals surface area contributed by atoms with Gasteiger partial charge in [0, 0.05) is 15.5 Å². The van der Waals surface area contributed by atoms with Crippen LogP contribution in [0.25, 0.3) is 0 Å². The van der Waals surface area contributed by atoms with E-state index in [1.807, 2.05) is 47.4 Å². The van der Waals surface area contributed by atoms with Crippen molar-refractivity contribution in [3.8, 4) is 0 Å². The lowest BCUT2D eigenvalue weighted by Gasteiger charge is -2.37. The second kappa shape index (κ2) is 8.34. The number of fused-ring (bicyclic) bond motifs is 2. The molecule has 4 rings (SSSR count). The van der Waals surface area contributed by atoms with E-state index < -0.39 is 6.09 Å². The second-order valence-corrected chi connectivity index (χ2v) is 8.24. The number of piperazine rings is 1. The van der Waals surface area contributed by atoms with Gasteiger partial charge in [-0.3, -0.25) is 10.2 Å². The summed E-state index contributed by atoms with van der Waals surface area (Å²) in [7, 11) is 2.15. The Balaban J connectivity index is 1.70. The zero-order valence-electron chi connectivity index (χ0n) is 16.6. The highest BCUT2D eigenvalue weighted by molar-refractivity contribution is 7.99. The maximum atomic E-state index is 13.5. The van der Waals surface area contributed by atoms with Crippen molar-refractivity contribution in [2.45, 2.75) is 16.7 Å². The number of nitrogens with zero attached hydrogens (tertiary/aromatic N) is 2. The first-order valence-corrected chi connectivity index (χ1v) is 10.6. The molecule has 7 nitrogen and oxygen atoms in total. The summed E-state index contributed by atoms with van der Waals surface area (Å²) in [6.07, 6.45) is -0.503. The number of para-hydroxylation sites is 1. The third-order valence-corrected chi connectivity index (χ3v) is 6.26. The smallest absolute Gasteiger partial charge is 0.411 e. The van der Waals surface area contributed by atoms with Crippen molar-refractivity contribution < 1.29 is 19.2 Å². The molecule has 2 aromatic carbocycles. The number of carbonyl (C=O) groups is 2. The molecule has 2 heterocycles. The summed E-state index contributed by atoms with van der Waals surface area (Å²) in [5.41, 5.74) is 2.25. The maximum absolute atomic E-state index is 13.5. The van der Waals surface area contributed by atoms with Crippen LogP contribution in [0.3, 0.4) is 0 Å². The van der Waals surface area contributed by atoms with Crippen LogP contribution in [0, 0.1) is 0 Å². The van der Waals surface area contributed by atoms with Crippen molar-refractivity contribution in [1.29, 1.82) is 0 Å². The fourth-order valence-electron chi connectivity index (χ4n) is 3.54. The van der Waals surface area contributed by atoms with Crippen LogP contribution in [0.5, 0.6) is 0 Å². The van der Waals surface area contributed by atoms with Gasteiger partial charge < -0.3 is 14.5 Å². The average molecular weight is 414 g/mol. The van der Waals surface area contributed by atoms with Crippen molar-refractivity contribution in [3.63, 3.8) is 0 Å². The summed E-state index contributed by atoms with van der Waals surface area (Å²) in [6, 6.07) is 13.5. The van der Waals surface area contributed by atoms with E-state index in [0.717, 1.165) is 47.3 Å². The normalized spacial score (nSPS) is 16.1. The molecule has 0 aromatic heterocycles. The molecule has 0 saturated carbocycles. The zero-order valence-corrected chi connectivity index (χ0v) is 17.4. The standard InChI is InChI=1S/C21H24N4O3S/c1-3-28-20(26)22-15-8-9-19-17(14-15)25(16-6-4-5-7-18(16)29-19)21(27)24-12-10-23(2)11-13-24/h4-9,14H,3,10-13H2,1-2H3,(H,22,26)/p+1. The Labute approximate surface area is 174 Å². The molecular weight excluding hydrogens is 388 g/mol. The Bertz CT molecular complexity index is 928. The molecule has 1 fully saturated rings. The predicted molar refractivity (Wildman–Crippen MR) is 113 cm³/mol. The number of carbonyl (C=O) groups excluding carboxylic acids is 2. The third kappa shape index (κ3) is 4.04. The van der Waals surface area contributed by atoms with Gasteiger partial charge in [0.05, 0.1) is 51.2 Å². The molecular formula is C21H25N4O3S+. The summed E-state index contributed by atoms with van der Waals surface area (Å²) < 4.78 is 4.98. The minimum absolute atomic E-state index is 0.0280. The molecule has 29 heavy (non-hydrogen) atoms. The highest BCUT2D eigenvalue weighted by atomic mass is 32.2. The van der Waals surface area contributed by atoms with Crippen LogP contribution >= 0.6 is 11.8 Å². The molecule has 0 atom stereocenters. The number of likely N-dealkylation sites (N-methyl/N-ethyl adjacent to an activating group) is 1. The number of benzene rings is 2. The van der Waals surface area contributed by atoms with Gasteiger partial charge in [-0.25, -0.2) is 9.59 Å². The first kappa shape index (κ1) is 19.6. The van der Waals surface area contributed by atoms with E-state index in [0.29, 0.717) is 12.3 Å². The number of nitrogens with one attached hydrogen (secondary N) is 2. The van der Waals surface area contributed by atoms with Gasteiger partial charge in [-0.05, 0) is 37.3 Å². The lowest BCUT2D eigenvalue weighted by molar-refractivity contribution is -0.883. The number of hydrogen-bond donors (Lipinski definition) is 2. The number of hydrogen-bond acceptors (Lipinski definition) is 4. The molecule has 2 aliphatic heterocycles. The molecule has 2 N–H and O–H groups in total. The molecule has 0 radical (unpaired) electrons. The molecule has 8 heteroatoms. The summed E-state index contributed by atoms with van der Waals surface area (Å²) in [6.45, 7) is 5.40. The van der Waals surface area contributed by atoms with Crippen LogP contribution < -0.4 is 15.1 Å². The minimum Gasteiger partial charge on any atom is -0.450 e. The van der Waals surface area contributed by atoms with Gasteiger partial charge >= 0.3 is 12.1 Å². The lowest BCUT2D eigenvalue weighted by Crippen LogP contribution is -3.12. The van der Waals surface area contributed by atoms with Crippen molar-refractivity contribution in [1.82, 2.24) is 4.90 Å². The number of quaternary nitrogens is 1. The van der Waals surface area contributed by atoms with Crippen molar-refractivity contribution in [2.75, 3.05) is 50.1 Å². The molecule has 0 unspecified atom stereocenters. The molecule has 2 aliphatic rings. The van der Waals surface area contributed by atoms with E-state index in [-0.39, 0.29) is 6.03 Å². The van der Waals surface area contributed by atoms with Crippen molar-refractivity contribution in [3.05, 3.63) is 42.5 Å². The van der Waals surface area contributed by atoms with E-state index in [1.54, 1.807) is 23.6 Å². The summed E-state index contributed by atoms with van der Waals surface area (Å²) in [5.74, 6) is 0. The quantitative estimate of drug-likeness (QED) is 0.795. The number of anilines is 3. The third-order valence-electron chi connectivity index (χ3n) is 5.13. The Hall–Kier alpha value is -2.71. The Morgan fingerprint density at radius 3 is 2.59 bits per heavy atom. The molecule has 2 aromatic rings. The van der Waals surface area contributed by atoms with Crippen LogP contribution in [0.15, 0.2) is 52.3 Å². The van der Waals surface area contributed by atoms with Crippen molar-refractivity contribution >= 4 is 40.9 Å². The topological polar surface area (TPSA) is 66.3 Å². The monoisotopic (exact) mass is 413 g/mol. The Morgan fingerprint density at radius 2 is 1.83 bits per heavy atom. The van der Waals surface area contributed by atoms with Gasteiger partial charge in [0.25, 0.3) is 0 Å². The first-order valence-electron chi connectivity index (χ1n) is 9.82. The van der Waals surface area contributed by atoms with E-state index in [9.17, 15) is 9.59 Å². The van der Waals surface area contributed by atoms with E-state index >= 15 is 0 Å². The molecule has 0 aliphatic carbocycles. The largest absolute Gasteiger partial charge is 0.450 e. The summed E-state index contributed by atoms with van der Waals surface area (Å²) >= 11 is 1.63. The number of urea groups is 1. The Kier molecular flexibility index (Phi) is 5.64. The molecule has 0 spiro atoms. The maximum Gasteiger partial charge on any atom is 0.411 e. The molecule has 0 bridgehead atoms. The fourth-order valence-corrected chi connectivity index (χ4v) is 4.58. The van der Waals surface area contributed by atoms with Crippen LogP contribution in [0.4, 0.5) is 26.7 Å². The zero-order chi connectivity index (χ0) is 20.4. The SMILES string of the molecule is CCOC(=O)Nc1ccc2c(c1)N(C(=O)N1CC[NH+](C)CC1)c1ccccc1S2. The van der Waals surface area contributed by atoms with Crippen LogP contribution in [-0.4, -0.2) is 56.9 Å². The van der Waals surface area contributed by atoms with Crippen LogP contribution in [0.2, 0.25) is 0 Å². The molecule has 152 valence electrons. The lowest BCUT2D eigenvalue weighted by atomic mass is 10.2. The number of rotatable bonds is 2. The Morgan fingerprint density at radius 1 is 1.10 bits per heavy atom. The van der Waals surface area contributed by atoms with Gasteiger partial charge in [-0.1, -0.05) is 23.9 Å². The van der Waals surface area contributed by atoms with E-state index in [2.05, 4.69) is 12.4 Å². The van der Waals surface area contributed by atoms with Crippen molar-refractivity contribution in [2.24, 2.45) is 0 Å². The summed E-state index contributed by atoms with van der Waals surface area (Å²) in [4.78, 5) is 32.5. The van der Waals surface area contributed by atoms with Gasteiger partial charge in [-0.15, -0.1) is 0 Å². The van der Waals surface area contributed by atoms with Gasteiger partial charge in [-0.2, -0.15) is 0 Å². The highest BCUT2D eigenvalue weighted by Crippen LogP contribution is 2.49. The first-order chi connectivity index (χ1) is 14.1. The molecule has 3 amide bonds. The summed E-state index contributed by atoms with van der Waals surface area (Å²) in [5, 5.41) is 2.74. The van der Waals surface area contributed by atoms with E-state index in [4.69, 9.17) is 4.74 Å². The van der Waals surface area contributed by atoms with Gasteiger partial charge in [0.2, 0.25) is 0 Å². The predicted octanol–water partition coefficient (Wildman–Crippen LogP) is 2.81. The van der Waals surface area contributed by atoms with Gasteiger partial charge in [0.1, 0.15) is 0 Å². The second-order valence-electron chi connectivity index (χ2n) is 7.16. The highest BCUT2D eigenvalue weighted by Gasteiger charge is 2.33. The van der Waals surface area contributed by atoms with Crippen LogP contribution in [-0.2, 0) is 4.74 Å². The number of amides is 3. The average Bonchev–Trinajstić information content (AvgIpc) is 2.72. The number of ether oxygens (including phenoxy) is 1. The van der Waals surface area contributed by atoms with Gasteiger partial charge in [0.15, 0.2) is 0 Å². The van der Waals surface area contributed by atoms with E-state index in [1.165, 1.54) is 4.90 Å². The molecule has 1 saturated heterocycles. The van der Waals surface area contributed by atoms with Crippen LogP contribution in [0.1, 0.15) is 6.92 Å². The minimum atomic E-state index is -0.503.